The minimum atomic E-state index is 0.0300. The third-order valence-electron chi connectivity index (χ3n) is 3.49. The molecular weight excluding hydrogens is 266 g/mol. The Hall–Kier alpha value is -1.65. The van der Waals surface area contributed by atoms with Crippen molar-refractivity contribution >= 4 is 22.4 Å². The molecule has 0 saturated heterocycles. The number of imidazole rings is 1. The molecule has 1 unspecified atom stereocenters. The first-order valence-corrected chi connectivity index (χ1v) is 7.90. The zero-order chi connectivity index (χ0) is 13.9. The van der Waals surface area contributed by atoms with Crippen molar-refractivity contribution in [1.29, 1.82) is 0 Å². The zero-order valence-corrected chi connectivity index (χ0v) is 12.4. The Kier molecular flexibility index (Phi) is 3.85. The zero-order valence-electron chi connectivity index (χ0n) is 11.6. The molecule has 3 rings (SSSR count). The molecule has 0 fully saturated rings. The maximum Gasteiger partial charge on any atom is 0.111 e. The van der Waals surface area contributed by atoms with Crippen molar-refractivity contribution in [2.24, 2.45) is 5.73 Å². The number of nitrogens with two attached hydrogens (primary N) is 1. The van der Waals surface area contributed by atoms with Gasteiger partial charge in [-0.05, 0) is 30.0 Å². The number of aromatic nitrogens is 2. The number of hydrogen-bond acceptors (Lipinski definition) is 3. The van der Waals surface area contributed by atoms with Crippen LogP contribution in [0.5, 0.6) is 0 Å². The van der Waals surface area contributed by atoms with Crippen molar-refractivity contribution in [2.75, 3.05) is 0 Å². The standard InChI is InChI=1S/C16H19N3S/c1-2-9-19-14-7-4-3-6-13(14)18-16(19)11-12(17)15-8-5-10-20-15/h3-8,10,12H,2,9,11,17H2,1H3. The molecule has 0 aliphatic carbocycles. The van der Waals surface area contributed by atoms with E-state index in [1.54, 1.807) is 11.3 Å². The minimum Gasteiger partial charge on any atom is -0.328 e. The van der Waals surface area contributed by atoms with Crippen molar-refractivity contribution in [1.82, 2.24) is 9.55 Å². The number of benzene rings is 1. The second-order valence-corrected chi connectivity index (χ2v) is 5.97. The predicted octanol–water partition coefficient (Wildman–Crippen LogP) is 3.75. The Morgan fingerprint density at radius 1 is 1.25 bits per heavy atom. The molecule has 3 nitrogen and oxygen atoms in total. The normalized spacial score (nSPS) is 12.9. The number of aryl methyl sites for hydroxylation is 1. The van der Waals surface area contributed by atoms with Gasteiger partial charge in [-0.2, -0.15) is 0 Å². The Bertz CT molecular complexity index is 685. The van der Waals surface area contributed by atoms with E-state index < -0.39 is 0 Å². The van der Waals surface area contributed by atoms with Crippen molar-refractivity contribution in [3.8, 4) is 0 Å². The monoisotopic (exact) mass is 285 g/mol. The molecule has 3 aromatic rings. The summed E-state index contributed by atoms with van der Waals surface area (Å²) >= 11 is 1.71. The van der Waals surface area contributed by atoms with Crippen molar-refractivity contribution in [3.63, 3.8) is 0 Å². The molecule has 2 aromatic heterocycles. The van der Waals surface area contributed by atoms with Gasteiger partial charge in [0.1, 0.15) is 5.82 Å². The summed E-state index contributed by atoms with van der Waals surface area (Å²) in [4.78, 5) is 5.99. The van der Waals surface area contributed by atoms with E-state index >= 15 is 0 Å². The first-order valence-electron chi connectivity index (χ1n) is 7.02. The van der Waals surface area contributed by atoms with Crippen molar-refractivity contribution in [3.05, 3.63) is 52.5 Å². The van der Waals surface area contributed by atoms with Gasteiger partial charge in [0.05, 0.1) is 11.0 Å². The van der Waals surface area contributed by atoms with Crippen LogP contribution in [0.4, 0.5) is 0 Å². The quantitative estimate of drug-likeness (QED) is 0.776. The van der Waals surface area contributed by atoms with Gasteiger partial charge in [-0.3, -0.25) is 0 Å². The van der Waals surface area contributed by atoms with Gasteiger partial charge >= 0.3 is 0 Å². The molecule has 0 aliphatic rings. The molecule has 0 aliphatic heterocycles. The summed E-state index contributed by atoms with van der Waals surface area (Å²) < 4.78 is 2.31. The molecule has 1 atom stereocenters. The van der Waals surface area contributed by atoms with Gasteiger partial charge in [0.25, 0.3) is 0 Å². The summed E-state index contributed by atoms with van der Waals surface area (Å²) in [6, 6.07) is 12.5. The topological polar surface area (TPSA) is 43.8 Å². The van der Waals surface area contributed by atoms with E-state index in [-0.39, 0.29) is 6.04 Å². The fourth-order valence-electron chi connectivity index (χ4n) is 2.55. The Balaban J connectivity index is 1.96. The lowest BCUT2D eigenvalue weighted by molar-refractivity contribution is 0.614. The van der Waals surface area contributed by atoms with Crippen LogP contribution in [0.1, 0.15) is 30.1 Å². The summed E-state index contributed by atoms with van der Waals surface area (Å²) in [6.07, 6.45) is 1.89. The molecule has 104 valence electrons. The fourth-order valence-corrected chi connectivity index (χ4v) is 3.28. The van der Waals surface area contributed by atoms with Gasteiger partial charge in [-0.1, -0.05) is 25.1 Å². The van der Waals surface area contributed by atoms with E-state index in [0.717, 1.165) is 30.7 Å². The van der Waals surface area contributed by atoms with E-state index in [1.165, 1.54) is 10.4 Å². The molecule has 2 N–H and O–H groups in total. The van der Waals surface area contributed by atoms with Crippen LogP contribution in [0.15, 0.2) is 41.8 Å². The number of fused-ring (bicyclic) bond motifs is 1. The summed E-state index contributed by atoms with van der Waals surface area (Å²) in [6.45, 7) is 3.19. The molecule has 0 saturated carbocycles. The number of thiophene rings is 1. The van der Waals surface area contributed by atoms with Gasteiger partial charge in [-0.15, -0.1) is 11.3 Å². The molecule has 1 aromatic carbocycles. The highest BCUT2D eigenvalue weighted by Gasteiger charge is 2.15. The van der Waals surface area contributed by atoms with Crippen LogP contribution in [0.25, 0.3) is 11.0 Å². The average molecular weight is 285 g/mol. The summed E-state index contributed by atoms with van der Waals surface area (Å²) in [7, 11) is 0. The number of rotatable bonds is 5. The molecule has 2 heterocycles. The lowest BCUT2D eigenvalue weighted by atomic mass is 10.2. The predicted molar refractivity (Wildman–Crippen MR) is 85.0 cm³/mol. The average Bonchev–Trinajstić information content (AvgIpc) is 3.08. The Labute approximate surface area is 123 Å². The van der Waals surface area contributed by atoms with Crippen molar-refractivity contribution in [2.45, 2.75) is 32.4 Å². The van der Waals surface area contributed by atoms with Crippen LogP contribution in [0, 0.1) is 0 Å². The van der Waals surface area contributed by atoms with Crippen LogP contribution in [-0.4, -0.2) is 9.55 Å². The summed E-state index contributed by atoms with van der Waals surface area (Å²) in [5.41, 5.74) is 8.59. The third kappa shape index (κ3) is 2.49. The molecule has 20 heavy (non-hydrogen) atoms. The van der Waals surface area contributed by atoms with Gasteiger partial charge in [0.2, 0.25) is 0 Å². The van der Waals surface area contributed by atoms with E-state index in [0.29, 0.717) is 0 Å². The summed E-state index contributed by atoms with van der Waals surface area (Å²) in [5.74, 6) is 1.09. The fraction of sp³-hybridized carbons (Fsp3) is 0.312. The van der Waals surface area contributed by atoms with E-state index in [4.69, 9.17) is 10.7 Å². The molecule has 0 bridgehead atoms. The third-order valence-corrected chi connectivity index (χ3v) is 4.50. The Morgan fingerprint density at radius 3 is 2.85 bits per heavy atom. The largest absolute Gasteiger partial charge is 0.328 e. The van der Waals surface area contributed by atoms with E-state index in [1.807, 2.05) is 6.07 Å². The minimum absolute atomic E-state index is 0.0300. The SMILES string of the molecule is CCCn1c(CC(N)c2cccs2)nc2ccccc21. The first kappa shape index (κ1) is 13.3. The van der Waals surface area contributed by atoms with Gasteiger partial charge in [0.15, 0.2) is 0 Å². The summed E-state index contributed by atoms with van der Waals surface area (Å²) in [5, 5.41) is 2.07. The van der Waals surface area contributed by atoms with E-state index in [2.05, 4.69) is 47.2 Å². The molecule has 4 heteroatoms. The highest BCUT2D eigenvalue weighted by atomic mass is 32.1. The smallest absolute Gasteiger partial charge is 0.111 e. The van der Waals surface area contributed by atoms with E-state index in [9.17, 15) is 0 Å². The lowest BCUT2D eigenvalue weighted by Crippen LogP contribution is -2.15. The van der Waals surface area contributed by atoms with Crippen LogP contribution in [0.3, 0.4) is 0 Å². The van der Waals surface area contributed by atoms with Gasteiger partial charge in [0, 0.05) is 23.9 Å². The number of nitrogens with zero attached hydrogens (tertiary/aromatic N) is 2. The first-order chi connectivity index (χ1) is 9.79. The molecule has 0 amide bonds. The molecular formula is C16H19N3S. The highest BCUT2D eigenvalue weighted by molar-refractivity contribution is 7.10. The highest BCUT2D eigenvalue weighted by Crippen LogP contribution is 2.23. The maximum atomic E-state index is 6.32. The Morgan fingerprint density at radius 2 is 2.10 bits per heavy atom. The van der Waals surface area contributed by atoms with Crippen molar-refractivity contribution < 1.29 is 0 Å². The van der Waals surface area contributed by atoms with Gasteiger partial charge in [-0.25, -0.2) is 4.98 Å². The second-order valence-electron chi connectivity index (χ2n) is 4.99. The number of hydrogen-bond donors (Lipinski definition) is 1. The molecule has 0 spiro atoms. The van der Waals surface area contributed by atoms with Crippen LogP contribution < -0.4 is 5.73 Å². The maximum absolute atomic E-state index is 6.32. The lowest BCUT2D eigenvalue weighted by Gasteiger charge is -2.12. The molecule has 0 radical (unpaired) electrons. The van der Waals surface area contributed by atoms with Crippen LogP contribution >= 0.6 is 11.3 Å². The number of para-hydroxylation sites is 2. The van der Waals surface area contributed by atoms with Crippen LogP contribution in [-0.2, 0) is 13.0 Å². The van der Waals surface area contributed by atoms with Crippen LogP contribution in [0.2, 0.25) is 0 Å². The second kappa shape index (κ2) is 5.77. The van der Waals surface area contributed by atoms with Gasteiger partial charge < -0.3 is 10.3 Å².